The summed E-state index contributed by atoms with van der Waals surface area (Å²) in [6.07, 6.45) is 7.16. The molecule has 2 aromatic carbocycles. The number of fused-ring (bicyclic) bond motifs is 1. The zero-order chi connectivity index (χ0) is 18.5. The van der Waals surface area contributed by atoms with Crippen molar-refractivity contribution in [2.24, 2.45) is 0 Å². The number of nitrogens with one attached hydrogen (secondary N) is 1. The molecule has 1 heterocycles. The Kier molecular flexibility index (Phi) is 9.84. The number of piperazine rings is 1. The summed E-state index contributed by atoms with van der Waals surface area (Å²) in [5, 5.41) is 6.06. The Balaban J connectivity index is 0.00000150. The number of ether oxygens (including phenoxy) is 1. The van der Waals surface area contributed by atoms with E-state index in [0.29, 0.717) is 0 Å². The Hall–Kier alpha value is -1.20. The van der Waals surface area contributed by atoms with E-state index >= 15 is 0 Å². The number of rotatable bonds is 6. The van der Waals surface area contributed by atoms with Crippen LogP contribution in [0.1, 0.15) is 32.1 Å². The van der Waals surface area contributed by atoms with E-state index in [1.165, 1.54) is 74.7 Å². The second-order valence-corrected chi connectivity index (χ2v) is 7.96. The predicted molar refractivity (Wildman–Crippen MR) is 128 cm³/mol. The van der Waals surface area contributed by atoms with E-state index in [2.05, 4.69) is 45.4 Å². The fourth-order valence-corrected chi connectivity index (χ4v) is 4.76. The van der Waals surface area contributed by atoms with E-state index in [-0.39, 0.29) is 24.8 Å². The third kappa shape index (κ3) is 5.91. The normalized spacial score (nSPS) is 18.7. The number of halogens is 2. The van der Waals surface area contributed by atoms with Gasteiger partial charge in [0.1, 0.15) is 5.75 Å². The van der Waals surface area contributed by atoms with Gasteiger partial charge in [-0.15, -0.1) is 24.8 Å². The van der Waals surface area contributed by atoms with Gasteiger partial charge in [0.05, 0.1) is 7.11 Å². The highest BCUT2D eigenvalue weighted by Crippen LogP contribution is 2.30. The summed E-state index contributed by atoms with van der Waals surface area (Å²) in [4.78, 5) is 5.36. The van der Waals surface area contributed by atoms with Crippen molar-refractivity contribution in [1.82, 2.24) is 9.80 Å². The van der Waals surface area contributed by atoms with Crippen molar-refractivity contribution < 1.29 is 4.74 Å². The second kappa shape index (κ2) is 11.8. The number of benzene rings is 2. The van der Waals surface area contributed by atoms with E-state index in [4.69, 9.17) is 4.74 Å². The van der Waals surface area contributed by atoms with E-state index < -0.39 is 0 Å². The van der Waals surface area contributed by atoms with Crippen LogP contribution in [0.4, 0.5) is 5.69 Å². The van der Waals surface area contributed by atoms with Crippen molar-refractivity contribution in [3.63, 3.8) is 0 Å². The Morgan fingerprint density at radius 3 is 2.31 bits per heavy atom. The molecule has 6 heteroatoms. The average Bonchev–Trinajstić information content (AvgIpc) is 2.74. The first-order chi connectivity index (χ1) is 13.3. The summed E-state index contributed by atoms with van der Waals surface area (Å²) in [5.74, 6) is 0.940. The molecule has 2 aliphatic rings. The lowest BCUT2D eigenvalue weighted by Gasteiger charge is -2.40. The standard InChI is InChI=1S/C23H33N3O.2ClH/c1-27-23-12-6-9-20-21(23)10-5-11-22(20)24-13-14-25-15-17-26(18-16-25)19-7-3-2-4-8-19;;/h5-6,9-12,19,24H,2-4,7-8,13-18H2,1H3;2*1H. The summed E-state index contributed by atoms with van der Waals surface area (Å²) in [5.41, 5.74) is 1.20. The number of methoxy groups -OCH3 is 1. The Morgan fingerprint density at radius 2 is 1.59 bits per heavy atom. The van der Waals surface area contributed by atoms with Crippen molar-refractivity contribution in [3.8, 4) is 5.75 Å². The Morgan fingerprint density at radius 1 is 0.897 bits per heavy atom. The van der Waals surface area contributed by atoms with Crippen LogP contribution >= 0.6 is 24.8 Å². The zero-order valence-corrected chi connectivity index (χ0v) is 19.1. The highest BCUT2D eigenvalue weighted by Gasteiger charge is 2.24. The molecule has 2 fully saturated rings. The first-order valence-corrected chi connectivity index (χ1v) is 10.6. The van der Waals surface area contributed by atoms with Gasteiger partial charge >= 0.3 is 0 Å². The molecule has 1 aliphatic heterocycles. The quantitative estimate of drug-likeness (QED) is 0.680. The molecule has 162 valence electrons. The molecular formula is C23H35Cl2N3O. The van der Waals surface area contributed by atoms with Gasteiger partial charge in [-0.3, -0.25) is 9.80 Å². The second-order valence-electron chi connectivity index (χ2n) is 7.96. The highest BCUT2D eigenvalue weighted by atomic mass is 35.5. The van der Waals surface area contributed by atoms with Crippen LogP contribution in [0.15, 0.2) is 36.4 Å². The van der Waals surface area contributed by atoms with Gasteiger partial charge < -0.3 is 10.1 Å². The molecule has 0 aromatic heterocycles. The smallest absolute Gasteiger partial charge is 0.126 e. The minimum Gasteiger partial charge on any atom is -0.496 e. The lowest BCUT2D eigenvalue weighted by Crippen LogP contribution is -2.51. The molecule has 0 bridgehead atoms. The van der Waals surface area contributed by atoms with Crippen LogP contribution in [-0.4, -0.2) is 62.2 Å². The van der Waals surface area contributed by atoms with Gasteiger partial charge in [-0.2, -0.15) is 0 Å². The third-order valence-corrected chi connectivity index (χ3v) is 6.34. The largest absolute Gasteiger partial charge is 0.496 e. The molecule has 0 spiro atoms. The van der Waals surface area contributed by atoms with Gasteiger partial charge in [-0.05, 0) is 25.0 Å². The SMILES string of the molecule is COc1cccc2c(NCCN3CCN(C4CCCCC4)CC3)cccc12.Cl.Cl. The van der Waals surface area contributed by atoms with Crippen LogP contribution in [-0.2, 0) is 0 Å². The van der Waals surface area contributed by atoms with Crippen molar-refractivity contribution in [2.45, 2.75) is 38.1 Å². The summed E-state index contributed by atoms with van der Waals surface area (Å²) < 4.78 is 5.50. The van der Waals surface area contributed by atoms with Gasteiger partial charge in [0.2, 0.25) is 0 Å². The third-order valence-electron chi connectivity index (χ3n) is 6.34. The van der Waals surface area contributed by atoms with Crippen molar-refractivity contribution in [1.29, 1.82) is 0 Å². The molecule has 1 N–H and O–H groups in total. The summed E-state index contributed by atoms with van der Waals surface area (Å²) >= 11 is 0. The minimum absolute atomic E-state index is 0. The fourth-order valence-electron chi connectivity index (χ4n) is 4.76. The first-order valence-electron chi connectivity index (χ1n) is 10.6. The molecule has 1 saturated carbocycles. The fraction of sp³-hybridized carbons (Fsp3) is 0.565. The molecule has 4 rings (SSSR count). The van der Waals surface area contributed by atoms with Crippen LogP contribution in [0.3, 0.4) is 0 Å². The Bertz CT molecular complexity index is 744. The van der Waals surface area contributed by atoms with Crippen LogP contribution in [0.25, 0.3) is 10.8 Å². The maximum atomic E-state index is 5.50. The lowest BCUT2D eigenvalue weighted by molar-refractivity contribution is 0.0810. The van der Waals surface area contributed by atoms with Gasteiger partial charge in [0.25, 0.3) is 0 Å². The molecule has 1 aliphatic carbocycles. The van der Waals surface area contributed by atoms with Gasteiger partial charge in [-0.1, -0.05) is 43.5 Å². The monoisotopic (exact) mass is 439 g/mol. The molecule has 0 radical (unpaired) electrons. The van der Waals surface area contributed by atoms with Crippen LogP contribution in [0.2, 0.25) is 0 Å². The molecule has 4 nitrogen and oxygen atoms in total. The number of hydrogen-bond acceptors (Lipinski definition) is 4. The lowest BCUT2D eigenvalue weighted by atomic mass is 9.94. The molecule has 0 unspecified atom stereocenters. The average molecular weight is 440 g/mol. The van der Waals surface area contributed by atoms with Crippen LogP contribution in [0.5, 0.6) is 5.75 Å². The van der Waals surface area contributed by atoms with Crippen molar-refractivity contribution in [3.05, 3.63) is 36.4 Å². The summed E-state index contributed by atoms with van der Waals surface area (Å²) in [7, 11) is 1.74. The number of hydrogen-bond donors (Lipinski definition) is 1. The Labute approximate surface area is 187 Å². The summed E-state index contributed by atoms with van der Waals surface area (Å²) in [6, 6.07) is 13.5. The summed E-state index contributed by atoms with van der Waals surface area (Å²) in [6.45, 7) is 7.01. The molecular weight excluding hydrogens is 405 g/mol. The molecule has 29 heavy (non-hydrogen) atoms. The number of nitrogens with zero attached hydrogens (tertiary/aromatic N) is 2. The zero-order valence-electron chi connectivity index (χ0n) is 17.4. The highest BCUT2D eigenvalue weighted by molar-refractivity contribution is 5.97. The van der Waals surface area contributed by atoms with E-state index in [1.807, 2.05) is 6.07 Å². The van der Waals surface area contributed by atoms with Gasteiger partial charge in [-0.25, -0.2) is 0 Å². The topological polar surface area (TPSA) is 27.7 Å². The molecule has 0 atom stereocenters. The van der Waals surface area contributed by atoms with E-state index in [1.54, 1.807) is 7.11 Å². The van der Waals surface area contributed by atoms with Crippen LogP contribution < -0.4 is 10.1 Å². The minimum atomic E-state index is 0. The molecule has 2 aromatic rings. The number of anilines is 1. The van der Waals surface area contributed by atoms with Crippen molar-refractivity contribution in [2.75, 3.05) is 51.7 Å². The molecule has 1 saturated heterocycles. The first kappa shape index (κ1) is 24.1. The van der Waals surface area contributed by atoms with E-state index in [0.717, 1.165) is 24.9 Å². The molecule has 0 amide bonds. The predicted octanol–water partition coefficient (Wildman–Crippen LogP) is 5.05. The van der Waals surface area contributed by atoms with E-state index in [9.17, 15) is 0 Å². The maximum Gasteiger partial charge on any atom is 0.126 e. The maximum absolute atomic E-state index is 5.50. The van der Waals surface area contributed by atoms with Crippen molar-refractivity contribution >= 4 is 41.3 Å². The van der Waals surface area contributed by atoms with Crippen LogP contribution in [0, 0.1) is 0 Å². The van der Waals surface area contributed by atoms with Gasteiger partial charge in [0, 0.05) is 61.8 Å². The van der Waals surface area contributed by atoms with Gasteiger partial charge in [0.15, 0.2) is 0 Å².